The third kappa shape index (κ3) is 4.25. The molecule has 0 radical (unpaired) electrons. The molecule has 1 aliphatic carbocycles. The molecule has 0 aromatic heterocycles. The highest BCUT2D eigenvalue weighted by molar-refractivity contribution is 5.80. The van der Waals surface area contributed by atoms with Crippen LogP contribution in [0.1, 0.15) is 33.1 Å². The molecule has 4 nitrogen and oxygen atoms in total. The molecule has 1 heterocycles. The lowest BCUT2D eigenvalue weighted by Crippen LogP contribution is -2.49. The Bertz CT molecular complexity index is 271. The van der Waals surface area contributed by atoms with Gasteiger partial charge in [0, 0.05) is 31.6 Å². The predicted octanol–water partition coefficient (Wildman–Crippen LogP) is 1.26. The molecule has 2 fully saturated rings. The maximum Gasteiger partial charge on any atom is 0.223 e. The van der Waals surface area contributed by atoms with Gasteiger partial charge in [0.15, 0.2) is 0 Å². The van der Waals surface area contributed by atoms with Gasteiger partial charge in [0.2, 0.25) is 5.91 Å². The van der Waals surface area contributed by atoms with Gasteiger partial charge in [-0.2, -0.15) is 0 Å². The van der Waals surface area contributed by atoms with E-state index < -0.39 is 0 Å². The van der Waals surface area contributed by atoms with Crippen molar-refractivity contribution < 1.29 is 9.53 Å². The van der Waals surface area contributed by atoms with Crippen molar-refractivity contribution in [2.24, 2.45) is 11.8 Å². The van der Waals surface area contributed by atoms with Gasteiger partial charge in [-0.25, -0.2) is 0 Å². The van der Waals surface area contributed by atoms with Gasteiger partial charge < -0.3 is 10.1 Å². The van der Waals surface area contributed by atoms with E-state index in [1.54, 1.807) is 0 Å². The molecular weight excluding hydrogens is 228 g/mol. The topological polar surface area (TPSA) is 41.6 Å². The Balaban J connectivity index is 1.80. The summed E-state index contributed by atoms with van der Waals surface area (Å²) in [6.07, 6.45) is 3.31. The van der Waals surface area contributed by atoms with E-state index in [1.807, 2.05) is 0 Å². The maximum absolute atomic E-state index is 11.7. The highest BCUT2D eigenvalue weighted by Gasteiger charge is 2.30. The first-order valence-electron chi connectivity index (χ1n) is 7.26. The van der Waals surface area contributed by atoms with Crippen LogP contribution in [-0.4, -0.2) is 49.7 Å². The smallest absolute Gasteiger partial charge is 0.223 e. The summed E-state index contributed by atoms with van der Waals surface area (Å²) < 4.78 is 5.40. The lowest BCUT2D eigenvalue weighted by molar-refractivity contribution is -0.122. The number of amides is 1. The van der Waals surface area contributed by atoms with Crippen LogP contribution in [0, 0.1) is 11.8 Å². The van der Waals surface area contributed by atoms with E-state index in [9.17, 15) is 4.79 Å². The van der Waals surface area contributed by atoms with Crippen molar-refractivity contribution in [2.75, 3.05) is 32.8 Å². The standard InChI is InChI=1S/C14H26N2O2/c1-11(2)9-13(16-5-7-18-8-6-16)10-15-14(17)12-3-4-12/h11-13H,3-10H2,1-2H3,(H,15,17). The Hall–Kier alpha value is -0.610. The van der Waals surface area contributed by atoms with Gasteiger partial charge in [-0.05, 0) is 25.2 Å². The second kappa shape index (κ2) is 6.53. The van der Waals surface area contributed by atoms with Crippen LogP contribution in [0.3, 0.4) is 0 Å². The lowest BCUT2D eigenvalue weighted by Gasteiger charge is -2.35. The SMILES string of the molecule is CC(C)CC(CNC(=O)C1CC1)N1CCOCC1. The van der Waals surface area contributed by atoms with Gasteiger partial charge >= 0.3 is 0 Å². The number of hydrogen-bond acceptors (Lipinski definition) is 3. The molecule has 18 heavy (non-hydrogen) atoms. The molecule has 0 aromatic carbocycles. The van der Waals surface area contributed by atoms with Gasteiger partial charge in [-0.3, -0.25) is 9.69 Å². The summed E-state index contributed by atoms with van der Waals surface area (Å²) in [6.45, 7) is 8.93. The van der Waals surface area contributed by atoms with Crippen LogP contribution in [0.5, 0.6) is 0 Å². The van der Waals surface area contributed by atoms with E-state index in [2.05, 4.69) is 24.1 Å². The summed E-state index contributed by atoms with van der Waals surface area (Å²) in [5.41, 5.74) is 0. The number of carbonyl (C=O) groups excluding carboxylic acids is 1. The Morgan fingerprint density at radius 1 is 1.33 bits per heavy atom. The van der Waals surface area contributed by atoms with Crippen LogP contribution in [0.15, 0.2) is 0 Å². The van der Waals surface area contributed by atoms with E-state index in [0.29, 0.717) is 17.9 Å². The van der Waals surface area contributed by atoms with E-state index in [1.165, 1.54) is 0 Å². The van der Waals surface area contributed by atoms with Crippen molar-refractivity contribution >= 4 is 5.91 Å². The fourth-order valence-electron chi connectivity index (χ4n) is 2.56. The zero-order valence-electron chi connectivity index (χ0n) is 11.7. The minimum atomic E-state index is 0.261. The van der Waals surface area contributed by atoms with E-state index in [0.717, 1.165) is 52.1 Å². The molecule has 1 N–H and O–H groups in total. The number of ether oxygens (including phenoxy) is 1. The number of rotatable bonds is 6. The molecule has 1 atom stereocenters. The quantitative estimate of drug-likeness (QED) is 0.776. The number of nitrogens with one attached hydrogen (secondary N) is 1. The summed E-state index contributed by atoms with van der Waals surface area (Å²) in [7, 11) is 0. The van der Waals surface area contributed by atoms with Gasteiger partial charge in [-0.1, -0.05) is 13.8 Å². The Morgan fingerprint density at radius 3 is 2.56 bits per heavy atom. The van der Waals surface area contributed by atoms with Gasteiger partial charge in [0.25, 0.3) is 0 Å². The molecule has 0 spiro atoms. The van der Waals surface area contributed by atoms with Crippen LogP contribution in [-0.2, 0) is 9.53 Å². The minimum absolute atomic E-state index is 0.261. The minimum Gasteiger partial charge on any atom is -0.379 e. The predicted molar refractivity (Wildman–Crippen MR) is 71.4 cm³/mol. The molecule has 1 amide bonds. The number of morpholine rings is 1. The number of hydrogen-bond donors (Lipinski definition) is 1. The molecule has 4 heteroatoms. The molecule has 2 aliphatic rings. The van der Waals surface area contributed by atoms with Gasteiger partial charge in [0.1, 0.15) is 0 Å². The van der Waals surface area contributed by atoms with Crippen molar-refractivity contribution in [1.82, 2.24) is 10.2 Å². The fraction of sp³-hybridized carbons (Fsp3) is 0.929. The molecule has 2 rings (SSSR count). The van der Waals surface area contributed by atoms with E-state index in [4.69, 9.17) is 4.74 Å². The van der Waals surface area contributed by atoms with Crippen molar-refractivity contribution in [3.63, 3.8) is 0 Å². The van der Waals surface area contributed by atoms with E-state index in [-0.39, 0.29) is 5.91 Å². The van der Waals surface area contributed by atoms with Crippen LogP contribution < -0.4 is 5.32 Å². The summed E-state index contributed by atoms with van der Waals surface area (Å²) in [5, 5.41) is 3.13. The highest BCUT2D eigenvalue weighted by atomic mass is 16.5. The zero-order valence-corrected chi connectivity index (χ0v) is 11.7. The normalized spacial score (nSPS) is 23.1. The van der Waals surface area contributed by atoms with Crippen molar-refractivity contribution in [2.45, 2.75) is 39.2 Å². The average Bonchev–Trinajstić information content (AvgIpc) is 3.19. The summed E-state index contributed by atoms with van der Waals surface area (Å²) in [6, 6.07) is 0.469. The third-order valence-electron chi connectivity index (χ3n) is 3.77. The van der Waals surface area contributed by atoms with Crippen molar-refractivity contribution in [1.29, 1.82) is 0 Å². The molecule has 1 unspecified atom stereocenters. The second-order valence-corrected chi connectivity index (χ2v) is 5.95. The third-order valence-corrected chi connectivity index (χ3v) is 3.77. The van der Waals surface area contributed by atoms with Gasteiger partial charge in [-0.15, -0.1) is 0 Å². The van der Waals surface area contributed by atoms with Crippen molar-refractivity contribution in [3.8, 4) is 0 Å². The lowest BCUT2D eigenvalue weighted by atomic mass is 10.0. The molecule has 104 valence electrons. The maximum atomic E-state index is 11.7. The largest absolute Gasteiger partial charge is 0.379 e. The Morgan fingerprint density at radius 2 is 2.00 bits per heavy atom. The summed E-state index contributed by atoms with van der Waals surface area (Å²) in [5.74, 6) is 1.24. The molecule has 0 aromatic rings. The molecule has 0 bridgehead atoms. The van der Waals surface area contributed by atoms with Crippen molar-refractivity contribution in [3.05, 3.63) is 0 Å². The van der Waals surface area contributed by atoms with Crippen LogP contribution in [0.25, 0.3) is 0 Å². The first-order valence-corrected chi connectivity index (χ1v) is 7.26. The first kappa shape index (κ1) is 13.8. The zero-order chi connectivity index (χ0) is 13.0. The van der Waals surface area contributed by atoms with Gasteiger partial charge in [0.05, 0.1) is 13.2 Å². The van der Waals surface area contributed by atoms with Crippen LogP contribution >= 0.6 is 0 Å². The average molecular weight is 254 g/mol. The number of carbonyl (C=O) groups is 1. The first-order chi connectivity index (χ1) is 8.66. The summed E-state index contributed by atoms with van der Waals surface area (Å²) >= 11 is 0. The molecule has 1 aliphatic heterocycles. The van der Waals surface area contributed by atoms with E-state index >= 15 is 0 Å². The fourth-order valence-corrected chi connectivity index (χ4v) is 2.56. The van der Waals surface area contributed by atoms with Crippen LogP contribution in [0.4, 0.5) is 0 Å². The Labute approximate surface area is 110 Å². The highest BCUT2D eigenvalue weighted by Crippen LogP contribution is 2.28. The molecular formula is C14H26N2O2. The Kier molecular flexibility index (Phi) is 5.01. The van der Waals surface area contributed by atoms with Crippen LogP contribution in [0.2, 0.25) is 0 Å². The molecule has 1 saturated carbocycles. The monoisotopic (exact) mass is 254 g/mol. The molecule has 1 saturated heterocycles. The number of nitrogens with zero attached hydrogens (tertiary/aromatic N) is 1. The second-order valence-electron chi connectivity index (χ2n) is 5.95. The summed E-state index contributed by atoms with van der Waals surface area (Å²) in [4.78, 5) is 14.2.